The number of carbonyl (C=O) groups excluding carboxylic acids is 2. The Balaban J connectivity index is 2.76. The number of ether oxygens (including phenoxy) is 1. The van der Waals surface area contributed by atoms with E-state index >= 15 is 0 Å². The van der Waals surface area contributed by atoms with E-state index in [-0.39, 0.29) is 0 Å². The summed E-state index contributed by atoms with van der Waals surface area (Å²) in [6, 6.07) is 6.31. The highest BCUT2D eigenvalue weighted by molar-refractivity contribution is 6.29. The van der Waals surface area contributed by atoms with Crippen molar-refractivity contribution in [3.05, 3.63) is 29.8 Å². The molecule has 0 unspecified atom stereocenters. The molecule has 0 N–H and O–H groups in total. The molecule has 0 saturated heterocycles. The van der Waals surface area contributed by atoms with Crippen LogP contribution in [0.4, 0.5) is 0 Å². The number of halogens is 1. The molecular weight excluding hydrogens is 204 g/mol. The highest BCUT2D eigenvalue weighted by Crippen LogP contribution is 2.13. The van der Waals surface area contributed by atoms with Gasteiger partial charge in [0.05, 0.1) is 0 Å². The Kier molecular flexibility index (Phi) is 3.65. The molecular formula is C10H9ClO3. The van der Waals surface area contributed by atoms with E-state index in [1.54, 1.807) is 18.2 Å². The number of hydrogen-bond acceptors (Lipinski definition) is 3. The highest BCUT2D eigenvalue weighted by atomic mass is 35.5. The first-order valence-electron chi connectivity index (χ1n) is 4.04. The third kappa shape index (κ3) is 2.85. The largest absolute Gasteiger partial charge is 0.425 e. The van der Waals surface area contributed by atoms with Crippen LogP contribution in [0.5, 0.6) is 5.75 Å². The molecule has 1 aromatic rings. The van der Waals surface area contributed by atoms with Crippen LogP contribution in [0.25, 0.3) is 0 Å². The van der Waals surface area contributed by atoms with E-state index in [9.17, 15) is 9.59 Å². The molecule has 0 aliphatic rings. The zero-order chi connectivity index (χ0) is 10.6. The second kappa shape index (κ2) is 4.77. The van der Waals surface area contributed by atoms with Gasteiger partial charge in [0.25, 0.3) is 0 Å². The van der Waals surface area contributed by atoms with Crippen molar-refractivity contribution in [3.8, 4) is 5.75 Å². The molecule has 1 aromatic carbocycles. The lowest BCUT2D eigenvalue weighted by molar-refractivity contribution is -0.133. The summed E-state index contributed by atoms with van der Waals surface area (Å²) in [7, 11) is 0. The maximum Gasteiger partial charge on any atom is 0.329 e. The standard InChI is InChI=1S/C10H9ClO3/c1-7(11)10(13)14-9-4-2-3-8(5-9)6-12/h2-7H,1H3/t7-/m1/s1. The van der Waals surface area contributed by atoms with Gasteiger partial charge >= 0.3 is 5.97 Å². The summed E-state index contributed by atoms with van der Waals surface area (Å²) in [6.07, 6.45) is 0.682. The maximum absolute atomic E-state index is 11.1. The molecule has 0 amide bonds. The van der Waals surface area contributed by atoms with E-state index < -0.39 is 11.3 Å². The first-order chi connectivity index (χ1) is 6.63. The monoisotopic (exact) mass is 212 g/mol. The quantitative estimate of drug-likeness (QED) is 0.333. The average molecular weight is 213 g/mol. The second-order valence-electron chi connectivity index (χ2n) is 2.73. The lowest BCUT2D eigenvalue weighted by Crippen LogP contribution is -2.17. The van der Waals surface area contributed by atoms with Gasteiger partial charge in [0.2, 0.25) is 0 Å². The molecule has 0 aliphatic carbocycles. The zero-order valence-electron chi connectivity index (χ0n) is 7.57. The van der Waals surface area contributed by atoms with Crippen molar-refractivity contribution in [1.82, 2.24) is 0 Å². The molecule has 14 heavy (non-hydrogen) atoms. The molecule has 0 bridgehead atoms. The molecule has 0 spiro atoms. The van der Waals surface area contributed by atoms with Crippen molar-refractivity contribution in [2.75, 3.05) is 0 Å². The molecule has 0 aromatic heterocycles. The summed E-state index contributed by atoms with van der Waals surface area (Å²) in [5.74, 6) is -0.207. The van der Waals surface area contributed by atoms with Gasteiger partial charge in [-0.1, -0.05) is 12.1 Å². The van der Waals surface area contributed by atoms with Crippen LogP contribution in [-0.4, -0.2) is 17.6 Å². The maximum atomic E-state index is 11.1. The van der Waals surface area contributed by atoms with E-state index in [4.69, 9.17) is 16.3 Å². The minimum absolute atomic E-state index is 0.326. The van der Waals surface area contributed by atoms with Crippen LogP contribution >= 0.6 is 11.6 Å². The van der Waals surface area contributed by atoms with Crippen LogP contribution < -0.4 is 4.74 Å². The van der Waals surface area contributed by atoms with Crippen LogP contribution in [0.1, 0.15) is 17.3 Å². The topological polar surface area (TPSA) is 43.4 Å². The average Bonchev–Trinajstić information content (AvgIpc) is 2.18. The number of alkyl halides is 1. The van der Waals surface area contributed by atoms with Crippen molar-refractivity contribution in [2.45, 2.75) is 12.3 Å². The molecule has 0 saturated carbocycles. The minimum Gasteiger partial charge on any atom is -0.425 e. The molecule has 3 nitrogen and oxygen atoms in total. The molecule has 0 heterocycles. The number of hydrogen-bond donors (Lipinski definition) is 0. The summed E-state index contributed by atoms with van der Waals surface area (Å²) >= 11 is 5.51. The Labute approximate surface area is 86.6 Å². The minimum atomic E-state index is -0.699. The summed E-state index contributed by atoms with van der Waals surface area (Å²) in [5, 5.41) is -0.699. The van der Waals surface area contributed by atoms with Gasteiger partial charge in [0, 0.05) is 5.56 Å². The predicted octanol–water partition coefficient (Wildman–Crippen LogP) is 2.03. The molecule has 0 aliphatic heterocycles. The predicted molar refractivity (Wildman–Crippen MR) is 52.8 cm³/mol. The Morgan fingerprint density at radius 2 is 2.29 bits per heavy atom. The summed E-state index contributed by atoms with van der Waals surface area (Å²) in [5.41, 5.74) is 0.456. The van der Waals surface area contributed by atoms with Crippen LogP contribution in [0, 0.1) is 0 Å². The van der Waals surface area contributed by atoms with Crippen molar-refractivity contribution in [2.24, 2.45) is 0 Å². The van der Waals surface area contributed by atoms with E-state index in [1.165, 1.54) is 13.0 Å². The highest BCUT2D eigenvalue weighted by Gasteiger charge is 2.11. The Hall–Kier alpha value is -1.35. The fraction of sp³-hybridized carbons (Fsp3) is 0.200. The van der Waals surface area contributed by atoms with Gasteiger partial charge in [-0.2, -0.15) is 0 Å². The van der Waals surface area contributed by atoms with Crippen molar-refractivity contribution in [3.63, 3.8) is 0 Å². The van der Waals surface area contributed by atoms with Crippen molar-refractivity contribution >= 4 is 23.9 Å². The molecule has 0 fully saturated rings. The third-order valence-electron chi connectivity index (χ3n) is 1.54. The summed E-state index contributed by atoms with van der Waals surface area (Å²) in [6.45, 7) is 1.52. The van der Waals surface area contributed by atoms with Crippen LogP contribution in [0.15, 0.2) is 24.3 Å². The van der Waals surface area contributed by atoms with E-state index in [1.807, 2.05) is 0 Å². The van der Waals surface area contributed by atoms with Crippen LogP contribution in [0.2, 0.25) is 0 Å². The molecule has 1 rings (SSSR count). The Morgan fingerprint density at radius 1 is 1.57 bits per heavy atom. The number of benzene rings is 1. The van der Waals surface area contributed by atoms with E-state index in [0.717, 1.165) is 0 Å². The van der Waals surface area contributed by atoms with Gasteiger partial charge in [0.1, 0.15) is 17.4 Å². The lowest BCUT2D eigenvalue weighted by atomic mass is 10.2. The van der Waals surface area contributed by atoms with Crippen molar-refractivity contribution in [1.29, 1.82) is 0 Å². The first kappa shape index (κ1) is 10.7. The smallest absolute Gasteiger partial charge is 0.329 e. The second-order valence-corrected chi connectivity index (χ2v) is 3.38. The number of aldehydes is 1. The summed E-state index contributed by atoms with van der Waals surface area (Å²) < 4.78 is 4.89. The Morgan fingerprint density at radius 3 is 2.86 bits per heavy atom. The number of rotatable bonds is 3. The first-order valence-corrected chi connectivity index (χ1v) is 4.48. The van der Waals surface area contributed by atoms with Gasteiger partial charge in [-0.25, -0.2) is 0 Å². The third-order valence-corrected chi connectivity index (χ3v) is 1.72. The van der Waals surface area contributed by atoms with Gasteiger partial charge in [-0.3, -0.25) is 9.59 Å². The van der Waals surface area contributed by atoms with Gasteiger partial charge in [-0.05, 0) is 19.1 Å². The number of esters is 1. The van der Waals surface area contributed by atoms with E-state index in [0.29, 0.717) is 17.6 Å². The molecule has 0 radical (unpaired) electrons. The fourth-order valence-corrected chi connectivity index (χ4v) is 0.893. The van der Waals surface area contributed by atoms with Crippen LogP contribution in [-0.2, 0) is 4.79 Å². The van der Waals surface area contributed by atoms with Crippen molar-refractivity contribution < 1.29 is 14.3 Å². The SMILES string of the molecule is C[C@@H](Cl)C(=O)Oc1cccc(C=O)c1. The normalized spacial score (nSPS) is 11.9. The molecule has 74 valence electrons. The lowest BCUT2D eigenvalue weighted by Gasteiger charge is -2.05. The van der Waals surface area contributed by atoms with Gasteiger partial charge < -0.3 is 4.74 Å². The fourth-order valence-electron chi connectivity index (χ4n) is 0.849. The number of carbonyl (C=O) groups is 2. The molecule has 1 atom stereocenters. The van der Waals surface area contributed by atoms with Gasteiger partial charge in [0.15, 0.2) is 0 Å². The zero-order valence-corrected chi connectivity index (χ0v) is 8.32. The van der Waals surface area contributed by atoms with Crippen LogP contribution in [0.3, 0.4) is 0 Å². The van der Waals surface area contributed by atoms with Gasteiger partial charge in [-0.15, -0.1) is 11.6 Å². The Bertz CT molecular complexity index is 347. The summed E-state index contributed by atoms with van der Waals surface area (Å²) in [4.78, 5) is 21.5. The molecule has 4 heteroatoms. The van der Waals surface area contributed by atoms with E-state index in [2.05, 4.69) is 0 Å².